The van der Waals surface area contributed by atoms with Gasteiger partial charge in [-0.05, 0) is 141 Å². The van der Waals surface area contributed by atoms with Gasteiger partial charge < -0.3 is 18.8 Å². The average molecular weight is 1210 g/mol. The van der Waals surface area contributed by atoms with E-state index in [2.05, 4.69) is 287 Å². The van der Waals surface area contributed by atoms with Crippen molar-refractivity contribution < 1.29 is 25.8 Å². The second kappa shape index (κ2) is 19.8. The molecule has 0 spiro atoms. The van der Waals surface area contributed by atoms with Crippen molar-refractivity contribution >= 4 is 76.5 Å². The van der Waals surface area contributed by atoms with Crippen LogP contribution in [-0.2, 0) is 31.9 Å². The molecule has 6 heteroatoms. The molecule has 14 rings (SSSR count). The van der Waals surface area contributed by atoms with Crippen molar-refractivity contribution in [3.63, 3.8) is 0 Å². The monoisotopic (exact) mass is 1210 g/mol. The van der Waals surface area contributed by atoms with Crippen molar-refractivity contribution in [1.82, 2.24) is 14.1 Å². The first-order valence-corrected chi connectivity index (χ1v) is 27.3. The van der Waals surface area contributed by atoms with Gasteiger partial charge in [0.1, 0.15) is 5.82 Å². The van der Waals surface area contributed by atoms with Gasteiger partial charge in [-0.25, -0.2) is 4.98 Å². The van der Waals surface area contributed by atoms with Gasteiger partial charge in [-0.3, -0.25) is 0 Å². The van der Waals surface area contributed by atoms with Crippen LogP contribution in [0.4, 0.5) is 11.4 Å². The van der Waals surface area contributed by atoms with Crippen molar-refractivity contribution in [1.29, 1.82) is 0 Å². The zero-order valence-electron chi connectivity index (χ0n) is 45.5. The molecule has 0 radical (unpaired) electrons. The average Bonchev–Trinajstić information content (AvgIpc) is 4.16. The van der Waals surface area contributed by atoms with Crippen LogP contribution in [0.1, 0.15) is 52.7 Å². The van der Waals surface area contributed by atoms with E-state index in [1.807, 2.05) is 18.3 Å². The molecule has 0 amide bonds. The Bertz CT molecular complexity index is 4640. The van der Waals surface area contributed by atoms with Crippen molar-refractivity contribution in [3.05, 3.63) is 261 Å². The van der Waals surface area contributed by atoms with E-state index < -0.39 is 0 Å². The molecule has 1 aliphatic heterocycles. The number of benzene rings is 10. The van der Waals surface area contributed by atoms with E-state index in [9.17, 15) is 0 Å². The topological polar surface area (TPSA) is 35.2 Å². The summed E-state index contributed by atoms with van der Waals surface area (Å²) in [6.45, 7) is 15.9. The summed E-state index contributed by atoms with van der Waals surface area (Å²) in [5.74, 6) is 2.00. The van der Waals surface area contributed by atoms with Gasteiger partial charge in [0.15, 0.2) is 0 Å². The molecule has 0 unspecified atom stereocenters. The number of nitrogens with zero attached hydrogens (tertiary/aromatic N) is 4. The van der Waals surface area contributed by atoms with Crippen LogP contribution in [0.3, 0.4) is 0 Å². The first-order valence-electron chi connectivity index (χ1n) is 27.3. The summed E-state index contributed by atoms with van der Waals surface area (Å²) in [4.78, 5) is 7.25. The predicted octanol–water partition coefficient (Wildman–Crippen LogP) is 19.8. The van der Waals surface area contributed by atoms with Crippen LogP contribution < -0.4 is 9.64 Å². The minimum Gasteiger partial charge on any atom is -0.509 e. The van der Waals surface area contributed by atoms with E-state index in [4.69, 9.17) is 9.72 Å². The van der Waals surface area contributed by atoms with E-state index in [-0.39, 0.29) is 31.9 Å². The molecule has 0 N–H and O–H groups in total. The van der Waals surface area contributed by atoms with Gasteiger partial charge in [-0.2, -0.15) is 12.1 Å². The summed E-state index contributed by atoms with van der Waals surface area (Å²) in [5, 5.41) is 9.20. The van der Waals surface area contributed by atoms with Crippen molar-refractivity contribution in [2.45, 2.75) is 52.4 Å². The first-order chi connectivity index (χ1) is 38.4. The summed E-state index contributed by atoms with van der Waals surface area (Å²) >= 11 is 0. The minimum atomic E-state index is -0.0997. The Morgan fingerprint density at radius 2 is 1.01 bits per heavy atom. The van der Waals surface area contributed by atoms with E-state index in [1.165, 1.54) is 49.4 Å². The number of aromatic nitrogens is 3. The van der Waals surface area contributed by atoms with Gasteiger partial charge in [0.05, 0.1) is 0 Å². The standard InChI is InChI=1S/C74H57N4O.Pt/c1-73(2,3)53-38-39-75-70(44-53)78-67-37-34-50(48-20-9-7-10-21-48)43-66(67)63-36-35-57(46-69(63)78)79-56-25-17-24-55(45-56)76-47-77-71-58(52-40-51(49-22-11-8-12-23-49)41-54(42-52)74(4,5)6)30-18-31-64(71)61-28-15-13-26-59(61)60-27-14-16-29-62(60)65-32-19-33-68(76)72(65)77;/h7-44,47H,1-6H3;/q-3;. The summed E-state index contributed by atoms with van der Waals surface area (Å²) < 4.78 is 11.5. The van der Waals surface area contributed by atoms with Crippen LogP contribution in [-0.4, -0.2) is 14.1 Å². The molecule has 0 bridgehead atoms. The molecule has 1 aliphatic rings. The molecule has 0 saturated carbocycles. The Balaban J connectivity index is 0.00000605. The number of anilines is 2. The van der Waals surface area contributed by atoms with Gasteiger partial charge in [-0.1, -0.05) is 217 Å². The zero-order valence-corrected chi connectivity index (χ0v) is 47.8. The fourth-order valence-electron chi connectivity index (χ4n) is 11.8. The predicted molar refractivity (Wildman–Crippen MR) is 330 cm³/mol. The Kier molecular flexibility index (Phi) is 12.5. The molecule has 13 aromatic rings. The third-order valence-electron chi connectivity index (χ3n) is 15.8. The third-order valence-corrected chi connectivity index (χ3v) is 15.8. The smallest absolute Gasteiger partial charge is 0.135 e. The minimum absolute atomic E-state index is 0. The Morgan fingerprint density at radius 3 is 1.70 bits per heavy atom. The van der Waals surface area contributed by atoms with Crippen LogP contribution in [0.25, 0.3) is 104 Å². The van der Waals surface area contributed by atoms with Gasteiger partial charge in [0.25, 0.3) is 0 Å². The fourth-order valence-corrected chi connectivity index (χ4v) is 11.8. The Labute approximate surface area is 482 Å². The quantitative estimate of drug-likeness (QED) is 0.149. The normalized spacial score (nSPS) is 12.3. The van der Waals surface area contributed by atoms with Crippen LogP contribution in [0, 0.1) is 18.8 Å². The molecule has 0 fully saturated rings. The first kappa shape index (κ1) is 50.6. The molecule has 10 aromatic carbocycles. The molecule has 4 heterocycles. The Morgan fingerprint density at radius 1 is 0.425 bits per heavy atom. The van der Waals surface area contributed by atoms with Crippen LogP contribution in [0.2, 0.25) is 0 Å². The molecule has 0 saturated heterocycles. The number of para-hydroxylation sites is 2. The van der Waals surface area contributed by atoms with Crippen LogP contribution in [0.15, 0.2) is 231 Å². The molecular formula is C74H57N4OPt-3. The van der Waals surface area contributed by atoms with E-state index in [0.717, 1.165) is 77.5 Å². The molecular weight excluding hydrogens is 1160 g/mol. The fraction of sp³-hybridized carbons (Fsp3) is 0.108. The maximum absolute atomic E-state index is 6.88. The number of ether oxygens (including phenoxy) is 1. The Hall–Kier alpha value is -8.89. The third kappa shape index (κ3) is 8.78. The summed E-state index contributed by atoms with van der Waals surface area (Å²) in [5.41, 5.74) is 15.3. The number of rotatable bonds is 7. The van der Waals surface area contributed by atoms with Crippen molar-refractivity contribution in [3.8, 4) is 50.7 Å². The van der Waals surface area contributed by atoms with Crippen LogP contribution >= 0.6 is 0 Å². The van der Waals surface area contributed by atoms with Crippen molar-refractivity contribution in [2.24, 2.45) is 0 Å². The molecule has 80 heavy (non-hydrogen) atoms. The van der Waals surface area contributed by atoms with Crippen molar-refractivity contribution in [2.75, 3.05) is 4.90 Å². The zero-order chi connectivity index (χ0) is 53.6. The number of hydrogen-bond donors (Lipinski definition) is 0. The van der Waals surface area contributed by atoms with Gasteiger partial charge in [0, 0.05) is 50.0 Å². The summed E-state index contributed by atoms with van der Waals surface area (Å²) in [6.07, 6.45) is 1.92. The number of hydrogen-bond acceptors (Lipinski definition) is 3. The second-order valence-electron chi connectivity index (χ2n) is 22.9. The molecule has 0 atom stereocenters. The molecule has 3 aromatic heterocycles. The number of pyridine rings is 1. The van der Waals surface area contributed by atoms with E-state index in [0.29, 0.717) is 11.5 Å². The summed E-state index contributed by atoms with van der Waals surface area (Å²) in [7, 11) is 0. The molecule has 392 valence electrons. The summed E-state index contributed by atoms with van der Waals surface area (Å²) in [6, 6.07) is 88.5. The largest absolute Gasteiger partial charge is 0.509 e. The molecule has 0 aliphatic carbocycles. The maximum atomic E-state index is 6.88. The maximum Gasteiger partial charge on any atom is 0.135 e. The van der Waals surface area contributed by atoms with Gasteiger partial charge in [-0.15, -0.1) is 35.7 Å². The molecule has 5 nitrogen and oxygen atoms in total. The van der Waals surface area contributed by atoms with E-state index >= 15 is 0 Å². The van der Waals surface area contributed by atoms with E-state index in [1.54, 1.807) is 0 Å². The SMILES string of the molecule is CC(C)(C)c1cc(-c2ccccc2)cc(-c2cccc3c4ccccc4c4ccccc4c4cccc5c4n(c23)[CH-]N5c2[c-]c(Oc3[c-]c4c(cc3)c3cc(-c5ccccc5)ccc3n4-c3cc(C(C)(C)C)ccn3)ccc2)c1.[Pt]. The van der Waals surface area contributed by atoms with Crippen LogP contribution in [0.5, 0.6) is 11.5 Å². The van der Waals surface area contributed by atoms with Gasteiger partial charge >= 0.3 is 0 Å². The second-order valence-corrected chi connectivity index (χ2v) is 22.9. The van der Waals surface area contributed by atoms with Gasteiger partial charge in [0.2, 0.25) is 0 Å². The number of fused-ring (bicyclic) bond motifs is 10.